The van der Waals surface area contributed by atoms with E-state index in [0.717, 1.165) is 12.1 Å². The van der Waals surface area contributed by atoms with E-state index in [4.69, 9.17) is 0 Å². The lowest BCUT2D eigenvalue weighted by atomic mass is 10.1. The van der Waals surface area contributed by atoms with Gasteiger partial charge >= 0.3 is 6.18 Å². The summed E-state index contributed by atoms with van der Waals surface area (Å²) in [4.78, 5) is 13.0. The fourth-order valence-corrected chi connectivity index (χ4v) is 2.00. The number of anilines is 2. The van der Waals surface area contributed by atoms with Gasteiger partial charge in [0.1, 0.15) is 0 Å². The van der Waals surface area contributed by atoms with Gasteiger partial charge in [0.2, 0.25) is 5.91 Å². The van der Waals surface area contributed by atoms with Crippen LogP contribution in [0, 0.1) is 0 Å². The Bertz CT molecular complexity index is 471. The number of carbonyl (C=O) groups is 1. The lowest BCUT2D eigenvalue weighted by molar-refractivity contribution is -0.137. The molecule has 0 unspecified atom stereocenters. The molecule has 0 radical (unpaired) electrons. The number of alkyl halides is 3. The largest absolute Gasteiger partial charge is 0.416 e. The summed E-state index contributed by atoms with van der Waals surface area (Å²) in [5.41, 5.74) is 0.157. The molecule has 1 aromatic rings. The van der Waals surface area contributed by atoms with Crippen molar-refractivity contribution in [3.05, 3.63) is 23.8 Å². The maximum absolute atomic E-state index is 12.6. The molecule has 18 heavy (non-hydrogen) atoms. The van der Waals surface area contributed by atoms with Crippen molar-refractivity contribution in [3.63, 3.8) is 0 Å². The van der Waals surface area contributed by atoms with E-state index in [2.05, 4.69) is 5.32 Å². The summed E-state index contributed by atoms with van der Waals surface area (Å²) in [6.07, 6.45) is -3.67. The Labute approximate surface area is 103 Å². The van der Waals surface area contributed by atoms with Crippen molar-refractivity contribution < 1.29 is 18.0 Å². The van der Waals surface area contributed by atoms with Crippen molar-refractivity contribution in [1.29, 1.82) is 0 Å². The van der Waals surface area contributed by atoms with Crippen LogP contribution in [0.25, 0.3) is 0 Å². The molecule has 98 valence electrons. The van der Waals surface area contributed by atoms with Gasteiger partial charge in [-0.3, -0.25) is 4.79 Å². The first kappa shape index (κ1) is 12.7. The molecule has 3 nitrogen and oxygen atoms in total. The predicted molar refractivity (Wildman–Crippen MR) is 62.6 cm³/mol. The average Bonchev–Trinajstić information content (AvgIpc) is 2.48. The number of halogens is 3. The summed E-state index contributed by atoms with van der Waals surface area (Å²) in [5.74, 6) is -0.167. The third kappa shape index (κ3) is 2.42. The number of nitrogens with zero attached hydrogens (tertiary/aromatic N) is 1. The van der Waals surface area contributed by atoms with Gasteiger partial charge in [0.25, 0.3) is 0 Å². The molecule has 1 aliphatic heterocycles. The zero-order valence-electron chi connectivity index (χ0n) is 9.84. The summed E-state index contributed by atoms with van der Waals surface area (Å²) in [5, 5.41) is 2.93. The Balaban J connectivity index is 2.46. The van der Waals surface area contributed by atoms with Crippen molar-refractivity contribution in [3.8, 4) is 0 Å². The number of hydrogen-bond donors (Lipinski definition) is 1. The Hall–Kier alpha value is -1.72. The maximum atomic E-state index is 12.6. The second-order valence-electron chi connectivity index (χ2n) is 4.18. The van der Waals surface area contributed by atoms with Crippen LogP contribution in [-0.4, -0.2) is 19.0 Å². The van der Waals surface area contributed by atoms with Crippen LogP contribution in [0.15, 0.2) is 18.2 Å². The quantitative estimate of drug-likeness (QED) is 0.776. The summed E-state index contributed by atoms with van der Waals surface area (Å²) in [6, 6.07) is 3.40. The zero-order chi connectivity index (χ0) is 13.3. The van der Waals surface area contributed by atoms with Gasteiger partial charge in [-0.25, -0.2) is 0 Å². The second-order valence-corrected chi connectivity index (χ2v) is 4.18. The monoisotopic (exact) mass is 258 g/mol. The van der Waals surface area contributed by atoms with Gasteiger partial charge in [0, 0.05) is 20.0 Å². The van der Waals surface area contributed by atoms with E-state index in [0.29, 0.717) is 30.9 Å². The van der Waals surface area contributed by atoms with Gasteiger partial charge in [0.05, 0.1) is 16.9 Å². The number of benzene rings is 1. The molecule has 0 spiro atoms. The highest BCUT2D eigenvalue weighted by Crippen LogP contribution is 2.36. The van der Waals surface area contributed by atoms with Crippen LogP contribution in [0.1, 0.15) is 18.9 Å². The summed E-state index contributed by atoms with van der Waals surface area (Å²) in [6.45, 7) is 2.48. The Morgan fingerprint density at radius 3 is 2.72 bits per heavy atom. The fourth-order valence-electron chi connectivity index (χ4n) is 2.00. The van der Waals surface area contributed by atoms with Crippen LogP contribution < -0.4 is 10.2 Å². The van der Waals surface area contributed by atoms with E-state index >= 15 is 0 Å². The molecule has 0 saturated carbocycles. The highest BCUT2D eigenvalue weighted by molar-refractivity contribution is 5.95. The molecule has 0 aromatic heterocycles. The molecule has 1 aliphatic rings. The number of hydrogen-bond acceptors (Lipinski definition) is 2. The first-order chi connectivity index (χ1) is 8.39. The van der Waals surface area contributed by atoms with Gasteiger partial charge in [-0.2, -0.15) is 13.2 Å². The number of rotatable bonds is 0. The van der Waals surface area contributed by atoms with Crippen molar-refractivity contribution in [2.75, 3.05) is 23.3 Å². The van der Waals surface area contributed by atoms with E-state index in [-0.39, 0.29) is 5.91 Å². The molecule has 1 aromatic carbocycles. The Morgan fingerprint density at radius 2 is 2.11 bits per heavy atom. The third-order valence-corrected chi connectivity index (χ3v) is 2.87. The number of nitrogens with one attached hydrogen (secondary N) is 1. The smallest absolute Gasteiger partial charge is 0.383 e. The minimum Gasteiger partial charge on any atom is -0.383 e. The van der Waals surface area contributed by atoms with Crippen LogP contribution in [0.3, 0.4) is 0 Å². The minimum atomic E-state index is -4.37. The predicted octanol–water partition coefficient (Wildman–Crippen LogP) is 2.87. The standard InChI is InChI=1S/C12H13F3N2O/c1-8(18)17-6-2-5-16-10-7-9(12(13,14)15)3-4-11(10)17/h3-4,7,16H,2,5-6H2,1H3. The van der Waals surface area contributed by atoms with Gasteiger partial charge in [-0.1, -0.05) is 0 Å². The van der Waals surface area contributed by atoms with Gasteiger partial charge in [-0.15, -0.1) is 0 Å². The van der Waals surface area contributed by atoms with E-state index in [1.807, 2.05) is 0 Å². The highest BCUT2D eigenvalue weighted by atomic mass is 19.4. The van der Waals surface area contributed by atoms with Crippen molar-refractivity contribution in [2.45, 2.75) is 19.5 Å². The summed E-state index contributed by atoms with van der Waals surface area (Å²) in [7, 11) is 0. The molecule has 0 atom stereocenters. The van der Waals surface area contributed by atoms with Gasteiger partial charge in [0.15, 0.2) is 0 Å². The average molecular weight is 258 g/mol. The molecule has 1 heterocycles. The Kier molecular flexibility index (Phi) is 3.19. The molecule has 0 bridgehead atoms. The van der Waals surface area contributed by atoms with Gasteiger partial charge in [-0.05, 0) is 24.6 Å². The molecule has 0 aliphatic carbocycles. The molecular formula is C12H13F3N2O. The van der Waals surface area contributed by atoms with E-state index < -0.39 is 11.7 Å². The molecular weight excluding hydrogens is 245 g/mol. The van der Waals surface area contributed by atoms with Crippen LogP contribution in [0.2, 0.25) is 0 Å². The lowest BCUT2D eigenvalue weighted by Crippen LogP contribution is -2.29. The molecule has 2 rings (SSSR count). The molecule has 6 heteroatoms. The van der Waals surface area contributed by atoms with Gasteiger partial charge < -0.3 is 10.2 Å². The van der Waals surface area contributed by atoms with E-state index in [1.165, 1.54) is 17.9 Å². The van der Waals surface area contributed by atoms with Crippen LogP contribution >= 0.6 is 0 Å². The number of amides is 1. The molecule has 1 N–H and O–H groups in total. The third-order valence-electron chi connectivity index (χ3n) is 2.87. The topological polar surface area (TPSA) is 32.3 Å². The van der Waals surface area contributed by atoms with Crippen molar-refractivity contribution in [1.82, 2.24) is 0 Å². The minimum absolute atomic E-state index is 0.167. The molecule has 0 saturated heterocycles. The lowest BCUT2D eigenvalue weighted by Gasteiger charge is -2.21. The first-order valence-electron chi connectivity index (χ1n) is 5.63. The van der Waals surface area contributed by atoms with E-state index in [1.54, 1.807) is 0 Å². The van der Waals surface area contributed by atoms with Crippen LogP contribution in [0.4, 0.5) is 24.5 Å². The maximum Gasteiger partial charge on any atom is 0.416 e. The van der Waals surface area contributed by atoms with Crippen LogP contribution in [-0.2, 0) is 11.0 Å². The number of carbonyl (C=O) groups excluding carboxylic acids is 1. The van der Waals surface area contributed by atoms with Crippen LogP contribution in [0.5, 0.6) is 0 Å². The second kappa shape index (κ2) is 4.51. The van der Waals surface area contributed by atoms with Crippen molar-refractivity contribution in [2.24, 2.45) is 0 Å². The normalized spacial score (nSPS) is 15.7. The summed E-state index contributed by atoms with van der Waals surface area (Å²) >= 11 is 0. The Morgan fingerprint density at radius 1 is 1.39 bits per heavy atom. The first-order valence-corrected chi connectivity index (χ1v) is 5.63. The fraction of sp³-hybridized carbons (Fsp3) is 0.417. The molecule has 1 amide bonds. The number of fused-ring (bicyclic) bond motifs is 1. The summed E-state index contributed by atoms with van der Waals surface area (Å²) < 4.78 is 37.8. The SMILES string of the molecule is CC(=O)N1CCCNc2cc(C(F)(F)F)ccc21. The highest BCUT2D eigenvalue weighted by Gasteiger charge is 2.32. The zero-order valence-corrected chi connectivity index (χ0v) is 9.84. The van der Waals surface area contributed by atoms with E-state index in [9.17, 15) is 18.0 Å². The van der Waals surface area contributed by atoms with Crippen molar-refractivity contribution >= 4 is 17.3 Å². The molecule has 0 fully saturated rings.